The highest BCUT2D eigenvalue weighted by Gasteiger charge is 2.16. The fraction of sp³-hybridized carbons (Fsp3) is 0.333. The summed E-state index contributed by atoms with van der Waals surface area (Å²) < 4.78 is 14.5. The largest absolute Gasteiger partial charge is 0.479 e. The van der Waals surface area contributed by atoms with Crippen LogP contribution in [0, 0.1) is 0 Å². The quantitative estimate of drug-likeness (QED) is 0.855. The monoisotopic (exact) mass is 236 g/mol. The Kier molecular flexibility index (Phi) is 2.80. The molecule has 0 saturated carbocycles. The molecule has 0 aliphatic carbocycles. The van der Waals surface area contributed by atoms with Crippen molar-refractivity contribution in [3.05, 3.63) is 16.9 Å². The van der Waals surface area contributed by atoms with Crippen molar-refractivity contribution in [2.75, 3.05) is 0 Å². The zero-order chi connectivity index (χ0) is 9.14. The lowest BCUT2D eigenvalue weighted by molar-refractivity contribution is -0.143. The van der Waals surface area contributed by atoms with Crippen LogP contribution in [0.15, 0.2) is 16.9 Å². The van der Waals surface area contributed by atoms with Crippen LogP contribution in [0.2, 0.25) is 0 Å². The van der Waals surface area contributed by atoms with E-state index in [0.29, 0.717) is 4.47 Å². The Morgan fingerprint density at radius 2 is 2.58 bits per heavy atom. The fourth-order valence-electron chi connectivity index (χ4n) is 0.681. The van der Waals surface area contributed by atoms with Gasteiger partial charge in [0.05, 0.1) is 17.2 Å². The van der Waals surface area contributed by atoms with Crippen LogP contribution in [0.1, 0.15) is 0 Å². The lowest BCUT2D eigenvalue weighted by atomic mass is 10.4. The molecule has 6 heteroatoms. The molecule has 1 rings (SSSR count). The number of carboxylic acids is 1. The number of halogens is 2. The smallest absolute Gasteiger partial charge is 0.340 e. The van der Waals surface area contributed by atoms with Crippen molar-refractivity contribution in [3.8, 4) is 0 Å². The van der Waals surface area contributed by atoms with Crippen LogP contribution >= 0.6 is 15.9 Å². The van der Waals surface area contributed by atoms with Crippen molar-refractivity contribution in [2.24, 2.45) is 0 Å². The van der Waals surface area contributed by atoms with Gasteiger partial charge in [0.25, 0.3) is 0 Å². The SMILES string of the molecule is O=C(O)C(F)Cn1cc(Br)cn1. The Bertz CT molecular complexity index is 289. The van der Waals surface area contributed by atoms with Crippen molar-refractivity contribution >= 4 is 21.9 Å². The molecular formula is C6H6BrFN2O2. The van der Waals surface area contributed by atoms with Crippen LogP contribution in [0.25, 0.3) is 0 Å². The molecule has 1 aromatic heterocycles. The van der Waals surface area contributed by atoms with Crippen molar-refractivity contribution in [2.45, 2.75) is 12.7 Å². The molecule has 1 heterocycles. The molecule has 1 N–H and O–H groups in total. The standard InChI is InChI=1S/C6H6BrFN2O2/c7-4-1-9-10(2-4)3-5(8)6(11)12/h1-2,5H,3H2,(H,11,12). The molecule has 0 saturated heterocycles. The van der Waals surface area contributed by atoms with Gasteiger partial charge in [-0.25, -0.2) is 9.18 Å². The van der Waals surface area contributed by atoms with Crippen LogP contribution < -0.4 is 0 Å². The maximum atomic E-state index is 12.5. The van der Waals surface area contributed by atoms with Crippen LogP contribution in [0.4, 0.5) is 4.39 Å². The Morgan fingerprint density at radius 1 is 1.92 bits per heavy atom. The van der Waals surface area contributed by atoms with Gasteiger partial charge in [-0.1, -0.05) is 0 Å². The van der Waals surface area contributed by atoms with E-state index in [1.54, 1.807) is 0 Å². The van der Waals surface area contributed by atoms with Gasteiger partial charge in [0.1, 0.15) is 0 Å². The van der Waals surface area contributed by atoms with Crippen LogP contribution in [0.3, 0.4) is 0 Å². The summed E-state index contributed by atoms with van der Waals surface area (Å²) in [4.78, 5) is 10.1. The second-order valence-corrected chi connectivity index (χ2v) is 3.10. The molecule has 0 spiro atoms. The Morgan fingerprint density at radius 3 is 3.00 bits per heavy atom. The van der Waals surface area contributed by atoms with E-state index in [9.17, 15) is 9.18 Å². The van der Waals surface area contributed by atoms with Gasteiger partial charge in [-0.2, -0.15) is 5.10 Å². The van der Waals surface area contributed by atoms with E-state index in [1.165, 1.54) is 17.1 Å². The number of aliphatic carboxylic acids is 1. The average molecular weight is 237 g/mol. The Hall–Kier alpha value is -0.910. The summed E-state index contributed by atoms with van der Waals surface area (Å²) >= 11 is 3.11. The maximum Gasteiger partial charge on any atom is 0.340 e. The van der Waals surface area contributed by atoms with E-state index in [0.717, 1.165) is 0 Å². The number of hydrogen-bond donors (Lipinski definition) is 1. The fourth-order valence-corrected chi connectivity index (χ4v) is 1.01. The molecule has 0 aromatic carbocycles. The second kappa shape index (κ2) is 3.66. The first-order valence-electron chi connectivity index (χ1n) is 3.14. The Balaban J connectivity index is 2.58. The third kappa shape index (κ3) is 2.30. The van der Waals surface area contributed by atoms with Gasteiger partial charge in [0, 0.05) is 6.20 Å². The molecule has 0 radical (unpaired) electrons. The molecule has 1 unspecified atom stereocenters. The zero-order valence-corrected chi connectivity index (χ0v) is 7.53. The first kappa shape index (κ1) is 9.18. The molecule has 0 fully saturated rings. The van der Waals surface area contributed by atoms with Crippen molar-refractivity contribution < 1.29 is 14.3 Å². The predicted molar refractivity (Wildman–Crippen MR) is 42.5 cm³/mol. The summed E-state index contributed by atoms with van der Waals surface area (Å²) in [6.45, 7) is -0.263. The molecule has 1 atom stereocenters. The van der Waals surface area contributed by atoms with E-state index in [1.807, 2.05) is 0 Å². The molecule has 12 heavy (non-hydrogen) atoms. The summed E-state index contributed by atoms with van der Waals surface area (Å²) in [5, 5.41) is 11.9. The Labute approximate surface area is 76.1 Å². The van der Waals surface area contributed by atoms with E-state index >= 15 is 0 Å². The van der Waals surface area contributed by atoms with Gasteiger partial charge in [0.2, 0.25) is 6.17 Å². The number of nitrogens with zero attached hydrogens (tertiary/aromatic N) is 2. The number of aromatic nitrogens is 2. The lowest BCUT2D eigenvalue weighted by Gasteiger charge is -2.01. The molecule has 0 bridgehead atoms. The highest BCUT2D eigenvalue weighted by Crippen LogP contribution is 2.07. The third-order valence-corrected chi connectivity index (χ3v) is 1.63. The molecular weight excluding hydrogens is 231 g/mol. The van der Waals surface area contributed by atoms with E-state index < -0.39 is 12.1 Å². The molecule has 4 nitrogen and oxygen atoms in total. The number of rotatable bonds is 3. The van der Waals surface area contributed by atoms with Gasteiger partial charge < -0.3 is 5.11 Å². The maximum absolute atomic E-state index is 12.5. The van der Waals surface area contributed by atoms with Gasteiger partial charge >= 0.3 is 5.97 Å². The first-order chi connectivity index (χ1) is 5.59. The number of carbonyl (C=O) groups is 1. The highest BCUT2D eigenvalue weighted by atomic mass is 79.9. The zero-order valence-electron chi connectivity index (χ0n) is 5.94. The van der Waals surface area contributed by atoms with Gasteiger partial charge in [-0.15, -0.1) is 0 Å². The minimum Gasteiger partial charge on any atom is -0.479 e. The number of alkyl halides is 1. The van der Waals surface area contributed by atoms with Crippen molar-refractivity contribution in [3.63, 3.8) is 0 Å². The van der Waals surface area contributed by atoms with Crippen LogP contribution in [-0.4, -0.2) is 27.0 Å². The van der Waals surface area contributed by atoms with E-state index in [2.05, 4.69) is 21.0 Å². The lowest BCUT2D eigenvalue weighted by Crippen LogP contribution is -2.21. The summed E-state index contributed by atoms with van der Waals surface area (Å²) in [7, 11) is 0. The molecule has 0 aliphatic rings. The van der Waals surface area contributed by atoms with Crippen molar-refractivity contribution in [1.29, 1.82) is 0 Å². The second-order valence-electron chi connectivity index (χ2n) is 2.19. The van der Waals surface area contributed by atoms with E-state index in [-0.39, 0.29) is 6.54 Å². The topological polar surface area (TPSA) is 55.1 Å². The first-order valence-corrected chi connectivity index (χ1v) is 3.93. The number of hydrogen-bond acceptors (Lipinski definition) is 2. The normalized spacial score (nSPS) is 12.8. The van der Waals surface area contributed by atoms with Gasteiger partial charge in [-0.3, -0.25) is 4.68 Å². The summed E-state index contributed by atoms with van der Waals surface area (Å²) in [5.41, 5.74) is 0. The van der Waals surface area contributed by atoms with Crippen LogP contribution in [-0.2, 0) is 11.3 Å². The average Bonchev–Trinajstić information content (AvgIpc) is 2.35. The molecule has 1 aromatic rings. The van der Waals surface area contributed by atoms with Gasteiger partial charge in [0.15, 0.2) is 0 Å². The summed E-state index contributed by atoms with van der Waals surface area (Å²) in [6.07, 6.45) is 1.07. The van der Waals surface area contributed by atoms with E-state index in [4.69, 9.17) is 5.11 Å². The number of carboxylic acid groups (broad SMARTS) is 1. The van der Waals surface area contributed by atoms with Crippen LogP contribution in [0.5, 0.6) is 0 Å². The minimum absolute atomic E-state index is 0.263. The minimum atomic E-state index is -1.91. The third-order valence-electron chi connectivity index (χ3n) is 1.22. The molecule has 0 amide bonds. The van der Waals surface area contributed by atoms with Crippen molar-refractivity contribution in [1.82, 2.24) is 9.78 Å². The molecule has 66 valence electrons. The summed E-state index contributed by atoms with van der Waals surface area (Å²) in [5.74, 6) is -1.47. The van der Waals surface area contributed by atoms with Gasteiger partial charge in [-0.05, 0) is 15.9 Å². The predicted octanol–water partition coefficient (Wildman–Crippen LogP) is 1.07. The molecule has 0 aliphatic heterocycles. The summed E-state index contributed by atoms with van der Waals surface area (Å²) in [6, 6.07) is 0. The highest BCUT2D eigenvalue weighted by molar-refractivity contribution is 9.10.